The van der Waals surface area contributed by atoms with Crippen LogP contribution in [0.25, 0.3) is 0 Å². The summed E-state index contributed by atoms with van der Waals surface area (Å²) in [5, 5.41) is 5.31. The van der Waals surface area contributed by atoms with Gasteiger partial charge in [0, 0.05) is 11.7 Å². The van der Waals surface area contributed by atoms with Gasteiger partial charge in [-0.25, -0.2) is 18.2 Å². The smallest absolute Gasteiger partial charge is 0.243 e. The first-order chi connectivity index (χ1) is 14.3. The van der Waals surface area contributed by atoms with Gasteiger partial charge in [-0.2, -0.15) is 0 Å². The molecule has 0 radical (unpaired) electrons. The summed E-state index contributed by atoms with van der Waals surface area (Å²) in [6.07, 6.45) is 4.55. The highest BCUT2D eigenvalue weighted by atomic mass is 32.2. The van der Waals surface area contributed by atoms with Crippen LogP contribution in [0.4, 0.5) is 18.9 Å². The largest absolute Gasteiger partial charge is 0.346 e. The average Bonchev–Trinajstić information content (AvgIpc) is 3.33. The normalized spacial score (nSPS) is 14.2. The molecule has 3 rings (SSSR count). The van der Waals surface area contributed by atoms with Crippen molar-refractivity contribution in [1.29, 1.82) is 0 Å². The predicted octanol–water partition coefficient (Wildman–Crippen LogP) is 3.88. The predicted molar refractivity (Wildman–Crippen MR) is 108 cm³/mol. The molecule has 0 aliphatic heterocycles. The first kappa shape index (κ1) is 22.2. The van der Waals surface area contributed by atoms with E-state index in [4.69, 9.17) is 0 Å². The summed E-state index contributed by atoms with van der Waals surface area (Å²) in [5.41, 5.74) is 1.53. The van der Waals surface area contributed by atoms with Crippen molar-refractivity contribution in [3.05, 3.63) is 41.0 Å². The monoisotopic (exact) mass is 440 g/mol. The number of hydrogen-bond donors (Lipinski definition) is 2. The number of carbonyl (C=O) groups is 2. The molecule has 0 bridgehead atoms. The zero-order valence-electron chi connectivity index (χ0n) is 16.7. The van der Waals surface area contributed by atoms with E-state index < -0.39 is 41.5 Å². The number of imidazole rings is 1. The summed E-state index contributed by atoms with van der Waals surface area (Å²) in [6, 6.07) is 2.02. The number of aromatic nitrogens is 2. The molecular weight excluding hydrogens is 417 g/mol. The summed E-state index contributed by atoms with van der Waals surface area (Å²) in [7, 11) is 0. The fourth-order valence-corrected chi connectivity index (χ4v) is 4.46. The Morgan fingerprint density at radius 2 is 1.83 bits per heavy atom. The van der Waals surface area contributed by atoms with Crippen LogP contribution < -0.4 is 10.6 Å². The molecule has 1 aliphatic carbocycles. The van der Waals surface area contributed by atoms with Gasteiger partial charge in [-0.1, -0.05) is 24.6 Å². The van der Waals surface area contributed by atoms with E-state index in [1.807, 2.05) is 13.8 Å². The van der Waals surface area contributed by atoms with Crippen molar-refractivity contribution in [3.63, 3.8) is 0 Å². The minimum Gasteiger partial charge on any atom is -0.346 e. The van der Waals surface area contributed by atoms with Gasteiger partial charge in [-0.05, 0) is 38.8 Å². The molecule has 6 nitrogen and oxygen atoms in total. The van der Waals surface area contributed by atoms with Crippen LogP contribution in [-0.2, 0) is 9.59 Å². The molecule has 2 N–H and O–H groups in total. The summed E-state index contributed by atoms with van der Waals surface area (Å²) in [6.45, 7) is 3.53. The summed E-state index contributed by atoms with van der Waals surface area (Å²) < 4.78 is 41.9. The van der Waals surface area contributed by atoms with Crippen molar-refractivity contribution >= 4 is 29.3 Å². The Kier molecular flexibility index (Phi) is 7.06. The minimum absolute atomic E-state index is 0.0649. The maximum absolute atomic E-state index is 13.6. The van der Waals surface area contributed by atoms with Crippen LogP contribution in [0.2, 0.25) is 0 Å². The third-order valence-electron chi connectivity index (χ3n) is 5.13. The number of benzene rings is 1. The van der Waals surface area contributed by atoms with E-state index in [2.05, 4.69) is 20.2 Å². The number of aryl methyl sites for hydroxylation is 1. The topological polar surface area (TPSA) is 76.0 Å². The zero-order chi connectivity index (χ0) is 21.8. The SMILES string of the molecule is Cc1nc(SCC(=O)NCC(=O)Nc2ccc(F)c(F)c2F)n(C2CCCC2)c1C. The molecule has 0 saturated heterocycles. The van der Waals surface area contributed by atoms with Gasteiger partial charge in [-0.3, -0.25) is 9.59 Å². The second-order valence-corrected chi connectivity index (χ2v) is 8.15. The van der Waals surface area contributed by atoms with Crippen LogP contribution in [0.1, 0.15) is 43.1 Å². The molecule has 0 atom stereocenters. The van der Waals surface area contributed by atoms with Gasteiger partial charge in [0.15, 0.2) is 22.6 Å². The molecule has 1 saturated carbocycles. The minimum atomic E-state index is -1.67. The highest BCUT2D eigenvalue weighted by Gasteiger charge is 2.23. The Morgan fingerprint density at radius 1 is 1.13 bits per heavy atom. The van der Waals surface area contributed by atoms with Crippen molar-refractivity contribution in [3.8, 4) is 0 Å². The van der Waals surface area contributed by atoms with Crippen molar-refractivity contribution < 1.29 is 22.8 Å². The quantitative estimate of drug-likeness (QED) is 0.506. The van der Waals surface area contributed by atoms with Gasteiger partial charge in [0.1, 0.15) is 0 Å². The Hall–Kier alpha value is -2.49. The Balaban J connectivity index is 1.51. The van der Waals surface area contributed by atoms with E-state index in [-0.39, 0.29) is 5.75 Å². The van der Waals surface area contributed by atoms with E-state index >= 15 is 0 Å². The Bertz CT molecular complexity index is 958. The molecule has 1 fully saturated rings. The van der Waals surface area contributed by atoms with Gasteiger partial charge in [-0.15, -0.1) is 0 Å². The van der Waals surface area contributed by atoms with E-state index in [0.29, 0.717) is 12.1 Å². The van der Waals surface area contributed by atoms with Crippen LogP contribution in [0, 0.1) is 31.3 Å². The lowest BCUT2D eigenvalue weighted by atomic mass is 10.2. The van der Waals surface area contributed by atoms with Crippen molar-refractivity contribution in [1.82, 2.24) is 14.9 Å². The highest BCUT2D eigenvalue weighted by molar-refractivity contribution is 7.99. The average molecular weight is 440 g/mol. The fourth-order valence-electron chi connectivity index (χ4n) is 3.47. The number of nitrogens with one attached hydrogen (secondary N) is 2. The molecule has 2 aromatic rings. The Labute approximate surface area is 176 Å². The molecule has 1 aromatic carbocycles. The second-order valence-electron chi connectivity index (χ2n) is 7.21. The first-order valence-corrected chi connectivity index (χ1v) is 10.6. The van der Waals surface area contributed by atoms with Gasteiger partial charge in [0.25, 0.3) is 0 Å². The van der Waals surface area contributed by atoms with Crippen molar-refractivity contribution in [2.75, 3.05) is 17.6 Å². The molecule has 10 heteroatoms. The maximum atomic E-state index is 13.6. The standard InChI is InChI=1S/C20H23F3N4O2S/c1-11-12(2)27(13-5-3-4-6-13)20(25-11)30-10-17(29)24-9-16(28)26-15-8-7-14(21)18(22)19(15)23/h7-8,13H,3-6,9-10H2,1-2H3,(H,24,29)(H,26,28). The van der Waals surface area contributed by atoms with Crippen molar-refractivity contribution in [2.24, 2.45) is 0 Å². The number of hydrogen-bond acceptors (Lipinski definition) is 4. The van der Waals surface area contributed by atoms with Crippen molar-refractivity contribution in [2.45, 2.75) is 50.7 Å². The molecule has 0 unspecified atom stereocenters. The van der Waals surface area contributed by atoms with Gasteiger partial charge in [0.05, 0.1) is 23.7 Å². The number of amides is 2. The summed E-state index contributed by atoms with van der Waals surface area (Å²) in [5.74, 6) is -5.59. The van der Waals surface area contributed by atoms with Crippen LogP contribution in [-0.4, -0.2) is 33.7 Å². The maximum Gasteiger partial charge on any atom is 0.243 e. The first-order valence-electron chi connectivity index (χ1n) is 9.66. The molecule has 0 spiro atoms. The van der Waals surface area contributed by atoms with Crippen LogP contribution in [0.5, 0.6) is 0 Å². The number of thioether (sulfide) groups is 1. The number of anilines is 1. The van der Waals surface area contributed by atoms with Gasteiger partial charge in [0.2, 0.25) is 11.8 Å². The number of halogens is 3. The third kappa shape index (κ3) is 4.97. The highest BCUT2D eigenvalue weighted by Crippen LogP contribution is 2.35. The molecule has 1 heterocycles. The number of nitrogens with zero attached hydrogens (tertiary/aromatic N) is 2. The lowest BCUT2D eigenvalue weighted by molar-refractivity contribution is -0.122. The molecule has 1 aliphatic rings. The summed E-state index contributed by atoms with van der Waals surface area (Å²) >= 11 is 1.30. The Morgan fingerprint density at radius 3 is 2.53 bits per heavy atom. The van der Waals surface area contributed by atoms with E-state index in [1.54, 1.807) is 0 Å². The van der Waals surface area contributed by atoms with E-state index in [0.717, 1.165) is 35.5 Å². The second kappa shape index (κ2) is 9.55. The third-order valence-corrected chi connectivity index (χ3v) is 6.08. The molecule has 1 aromatic heterocycles. The number of rotatable bonds is 7. The van der Waals surface area contributed by atoms with E-state index in [1.165, 1.54) is 24.6 Å². The lowest BCUT2D eigenvalue weighted by Crippen LogP contribution is -2.34. The fraction of sp³-hybridized carbons (Fsp3) is 0.450. The number of carbonyl (C=O) groups excluding carboxylic acids is 2. The molecule has 2 amide bonds. The van der Waals surface area contributed by atoms with E-state index in [9.17, 15) is 22.8 Å². The van der Waals surface area contributed by atoms with Gasteiger partial charge >= 0.3 is 0 Å². The molecule has 162 valence electrons. The summed E-state index contributed by atoms with van der Waals surface area (Å²) in [4.78, 5) is 28.6. The van der Waals surface area contributed by atoms with Gasteiger partial charge < -0.3 is 15.2 Å². The molecule has 30 heavy (non-hydrogen) atoms. The van der Waals surface area contributed by atoms with Crippen LogP contribution in [0.3, 0.4) is 0 Å². The lowest BCUT2D eigenvalue weighted by Gasteiger charge is -2.16. The zero-order valence-corrected chi connectivity index (χ0v) is 17.5. The van der Waals surface area contributed by atoms with Crippen LogP contribution in [0.15, 0.2) is 17.3 Å². The molecular formula is C20H23F3N4O2S. The van der Waals surface area contributed by atoms with Crippen LogP contribution >= 0.6 is 11.8 Å².